The summed E-state index contributed by atoms with van der Waals surface area (Å²) < 4.78 is 5.49. The molecule has 0 saturated heterocycles. The van der Waals surface area contributed by atoms with Gasteiger partial charge in [-0.3, -0.25) is 0 Å². The van der Waals surface area contributed by atoms with E-state index in [2.05, 4.69) is 38.6 Å². The van der Waals surface area contributed by atoms with Crippen LogP contribution in [-0.2, 0) is 0 Å². The molecule has 0 bridgehead atoms. The highest BCUT2D eigenvalue weighted by molar-refractivity contribution is 5.37. The predicted molar refractivity (Wildman–Crippen MR) is 70.2 cm³/mol. The molecule has 0 heterocycles. The molecule has 0 fully saturated rings. The number of rotatable bonds is 6. The van der Waals surface area contributed by atoms with Crippen molar-refractivity contribution < 1.29 is 4.74 Å². The highest BCUT2D eigenvalue weighted by atomic mass is 16.5. The number of aryl methyl sites for hydroxylation is 1. The van der Waals surface area contributed by atoms with E-state index in [0.717, 1.165) is 25.2 Å². The van der Waals surface area contributed by atoms with Crippen LogP contribution in [-0.4, -0.2) is 6.61 Å². The summed E-state index contributed by atoms with van der Waals surface area (Å²) in [6.07, 6.45) is 4.20. The van der Waals surface area contributed by atoms with Crippen molar-refractivity contribution >= 4 is 0 Å². The Kier molecular flexibility index (Phi) is 5.10. The van der Waals surface area contributed by atoms with Gasteiger partial charge in [0.15, 0.2) is 0 Å². The zero-order valence-corrected chi connectivity index (χ0v) is 10.6. The Labute approximate surface area is 99.1 Å². The van der Waals surface area contributed by atoms with Crippen molar-refractivity contribution in [1.29, 1.82) is 0 Å². The lowest BCUT2D eigenvalue weighted by molar-refractivity contribution is 0.340. The molecule has 1 aromatic carbocycles. The minimum absolute atomic E-state index is 0.591. The molecule has 1 rings (SSSR count). The Balaban J connectivity index is 2.91. The fraction of sp³-hybridized carbons (Fsp3) is 0.467. The summed E-state index contributed by atoms with van der Waals surface area (Å²) in [6, 6.07) is 6.39. The summed E-state index contributed by atoms with van der Waals surface area (Å²) in [7, 11) is 0. The van der Waals surface area contributed by atoms with Crippen LogP contribution in [0.25, 0.3) is 0 Å². The molecule has 0 saturated carbocycles. The van der Waals surface area contributed by atoms with E-state index in [4.69, 9.17) is 4.74 Å². The number of ether oxygens (including phenoxy) is 1. The highest BCUT2D eigenvalue weighted by Crippen LogP contribution is 2.28. The second-order valence-electron chi connectivity index (χ2n) is 4.08. The first kappa shape index (κ1) is 12.8. The van der Waals surface area contributed by atoms with Gasteiger partial charge in [-0.05, 0) is 55.9 Å². The van der Waals surface area contributed by atoms with Gasteiger partial charge < -0.3 is 4.74 Å². The maximum Gasteiger partial charge on any atom is 0.119 e. The molecule has 0 aromatic heterocycles. The largest absolute Gasteiger partial charge is 0.494 e. The molecular formula is C15H22O. The summed E-state index contributed by atoms with van der Waals surface area (Å²) in [5.41, 5.74) is 2.74. The fourth-order valence-corrected chi connectivity index (χ4v) is 2.08. The number of hydrogen-bond acceptors (Lipinski definition) is 1. The molecule has 1 aromatic rings. The molecule has 0 amide bonds. The predicted octanol–water partition coefficient (Wildman–Crippen LogP) is 4.46. The van der Waals surface area contributed by atoms with E-state index < -0.39 is 0 Å². The first-order valence-corrected chi connectivity index (χ1v) is 6.07. The van der Waals surface area contributed by atoms with Crippen molar-refractivity contribution in [2.24, 2.45) is 0 Å². The summed E-state index contributed by atoms with van der Waals surface area (Å²) >= 11 is 0. The van der Waals surface area contributed by atoms with Crippen molar-refractivity contribution in [3.05, 3.63) is 42.0 Å². The van der Waals surface area contributed by atoms with Crippen LogP contribution in [0.1, 0.15) is 43.7 Å². The SMILES string of the molecule is C=CCC(CC)c1ccc(OCC)cc1C. The standard InChI is InChI=1S/C15H22O/c1-5-8-13(6-2)15-10-9-14(16-7-3)11-12(15)4/h5,9-11,13H,1,6-8H2,2-4H3. The van der Waals surface area contributed by atoms with E-state index in [1.165, 1.54) is 11.1 Å². The van der Waals surface area contributed by atoms with Crippen LogP contribution in [0.15, 0.2) is 30.9 Å². The van der Waals surface area contributed by atoms with Gasteiger partial charge in [0.1, 0.15) is 5.75 Å². The Hall–Kier alpha value is -1.24. The molecular weight excluding hydrogens is 196 g/mol. The lowest BCUT2D eigenvalue weighted by Crippen LogP contribution is -2.00. The summed E-state index contributed by atoms with van der Waals surface area (Å²) in [6.45, 7) is 10.9. The van der Waals surface area contributed by atoms with Gasteiger partial charge in [-0.1, -0.05) is 19.1 Å². The quantitative estimate of drug-likeness (QED) is 0.640. The van der Waals surface area contributed by atoms with E-state index in [0.29, 0.717) is 5.92 Å². The normalized spacial score (nSPS) is 12.2. The minimum Gasteiger partial charge on any atom is -0.494 e. The van der Waals surface area contributed by atoms with E-state index in [-0.39, 0.29) is 0 Å². The Morgan fingerprint density at radius 1 is 1.38 bits per heavy atom. The third-order valence-electron chi connectivity index (χ3n) is 2.94. The van der Waals surface area contributed by atoms with E-state index in [1.807, 2.05) is 13.0 Å². The van der Waals surface area contributed by atoms with Crippen molar-refractivity contribution in [3.63, 3.8) is 0 Å². The first-order chi connectivity index (χ1) is 7.72. The van der Waals surface area contributed by atoms with Crippen molar-refractivity contribution in [2.45, 2.75) is 39.5 Å². The lowest BCUT2D eigenvalue weighted by atomic mass is 9.90. The molecule has 0 N–H and O–H groups in total. The van der Waals surface area contributed by atoms with Gasteiger partial charge in [-0.15, -0.1) is 6.58 Å². The van der Waals surface area contributed by atoms with E-state index in [9.17, 15) is 0 Å². The second kappa shape index (κ2) is 6.37. The van der Waals surface area contributed by atoms with Crippen molar-refractivity contribution in [1.82, 2.24) is 0 Å². The third-order valence-corrected chi connectivity index (χ3v) is 2.94. The molecule has 1 unspecified atom stereocenters. The smallest absolute Gasteiger partial charge is 0.119 e. The topological polar surface area (TPSA) is 9.23 Å². The summed E-state index contributed by atoms with van der Waals surface area (Å²) in [5.74, 6) is 1.56. The van der Waals surface area contributed by atoms with Gasteiger partial charge in [-0.2, -0.15) is 0 Å². The number of allylic oxidation sites excluding steroid dienone is 1. The molecule has 0 spiro atoms. The van der Waals surface area contributed by atoms with Crippen LogP contribution >= 0.6 is 0 Å². The lowest BCUT2D eigenvalue weighted by Gasteiger charge is -2.17. The molecule has 1 atom stereocenters. The van der Waals surface area contributed by atoms with Crippen LogP contribution < -0.4 is 4.74 Å². The van der Waals surface area contributed by atoms with Crippen molar-refractivity contribution in [2.75, 3.05) is 6.61 Å². The molecule has 0 aliphatic carbocycles. The van der Waals surface area contributed by atoms with Gasteiger partial charge in [0, 0.05) is 0 Å². The van der Waals surface area contributed by atoms with E-state index in [1.54, 1.807) is 0 Å². The van der Waals surface area contributed by atoms with Gasteiger partial charge in [0.25, 0.3) is 0 Å². The van der Waals surface area contributed by atoms with Gasteiger partial charge in [-0.25, -0.2) is 0 Å². The summed E-state index contributed by atoms with van der Waals surface area (Å²) in [5, 5.41) is 0. The van der Waals surface area contributed by atoms with E-state index >= 15 is 0 Å². The zero-order chi connectivity index (χ0) is 12.0. The fourth-order valence-electron chi connectivity index (χ4n) is 2.08. The molecule has 0 aliphatic heterocycles. The Morgan fingerprint density at radius 2 is 2.12 bits per heavy atom. The molecule has 1 heteroatoms. The van der Waals surface area contributed by atoms with Gasteiger partial charge >= 0.3 is 0 Å². The molecule has 0 aliphatic rings. The zero-order valence-electron chi connectivity index (χ0n) is 10.6. The number of hydrogen-bond donors (Lipinski definition) is 0. The Morgan fingerprint density at radius 3 is 2.62 bits per heavy atom. The Bertz CT molecular complexity index is 341. The summed E-state index contributed by atoms with van der Waals surface area (Å²) in [4.78, 5) is 0. The molecule has 88 valence electrons. The van der Waals surface area contributed by atoms with Crippen molar-refractivity contribution in [3.8, 4) is 5.75 Å². The minimum atomic E-state index is 0.591. The van der Waals surface area contributed by atoms with Gasteiger partial charge in [0.05, 0.1) is 6.61 Å². The van der Waals surface area contributed by atoms with Crippen LogP contribution in [0.2, 0.25) is 0 Å². The molecule has 1 nitrogen and oxygen atoms in total. The van der Waals surface area contributed by atoms with Gasteiger partial charge in [0.2, 0.25) is 0 Å². The first-order valence-electron chi connectivity index (χ1n) is 6.07. The van der Waals surface area contributed by atoms with Crippen LogP contribution in [0.3, 0.4) is 0 Å². The highest BCUT2D eigenvalue weighted by Gasteiger charge is 2.10. The molecule has 0 radical (unpaired) electrons. The monoisotopic (exact) mass is 218 g/mol. The maximum absolute atomic E-state index is 5.49. The van der Waals surface area contributed by atoms with Crippen LogP contribution in [0, 0.1) is 6.92 Å². The molecule has 16 heavy (non-hydrogen) atoms. The average Bonchev–Trinajstić information content (AvgIpc) is 2.27. The average molecular weight is 218 g/mol. The second-order valence-corrected chi connectivity index (χ2v) is 4.08. The maximum atomic E-state index is 5.49. The van der Waals surface area contributed by atoms with Crippen LogP contribution in [0.5, 0.6) is 5.75 Å². The van der Waals surface area contributed by atoms with Crippen LogP contribution in [0.4, 0.5) is 0 Å². The number of benzene rings is 1. The third kappa shape index (κ3) is 3.13.